The van der Waals surface area contributed by atoms with E-state index in [1.165, 1.54) is 6.42 Å². The number of pyridine rings is 1. The second-order valence-electron chi connectivity index (χ2n) is 7.25. The quantitative estimate of drug-likeness (QED) is 0.905. The van der Waals surface area contributed by atoms with Crippen LogP contribution in [0.25, 0.3) is 11.0 Å². The third kappa shape index (κ3) is 3.02. The summed E-state index contributed by atoms with van der Waals surface area (Å²) in [5.41, 5.74) is 0.821. The van der Waals surface area contributed by atoms with Crippen LogP contribution in [-0.4, -0.2) is 33.7 Å². The molecule has 2 aromatic heterocycles. The van der Waals surface area contributed by atoms with Crippen LogP contribution in [0, 0.1) is 5.92 Å². The van der Waals surface area contributed by atoms with Gasteiger partial charge in [-0.05, 0) is 57.2 Å². The van der Waals surface area contributed by atoms with E-state index in [2.05, 4.69) is 22.5 Å². The lowest BCUT2D eigenvalue weighted by atomic mass is 10.1. The van der Waals surface area contributed by atoms with Gasteiger partial charge in [0.25, 0.3) is 5.56 Å². The maximum Gasteiger partial charge on any atom is 0.252 e. The van der Waals surface area contributed by atoms with Gasteiger partial charge in [-0.25, -0.2) is 4.98 Å². The van der Waals surface area contributed by atoms with Crippen molar-refractivity contribution in [1.29, 1.82) is 0 Å². The van der Waals surface area contributed by atoms with Gasteiger partial charge in [-0.15, -0.1) is 0 Å². The van der Waals surface area contributed by atoms with E-state index in [9.17, 15) is 4.79 Å². The lowest BCUT2D eigenvalue weighted by Crippen LogP contribution is -2.35. The molecule has 2 N–H and O–H groups in total. The standard InChI is InChI=1S/C18H25N5O/c1-12-2-4-15(10-12)23-16(24)5-3-13-11-20-18(22-17(13)23)21-14-6-8-19-9-7-14/h3,5,11-12,14-15,19H,2,4,6-10H2,1H3,(H,20,21,22). The summed E-state index contributed by atoms with van der Waals surface area (Å²) in [5.74, 6) is 1.31. The van der Waals surface area contributed by atoms with Crippen LogP contribution in [-0.2, 0) is 0 Å². The Balaban J connectivity index is 1.70. The van der Waals surface area contributed by atoms with Crippen molar-refractivity contribution in [2.24, 2.45) is 5.92 Å². The van der Waals surface area contributed by atoms with Crippen LogP contribution in [0.3, 0.4) is 0 Å². The number of nitrogens with zero attached hydrogens (tertiary/aromatic N) is 3. The highest BCUT2D eigenvalue weighted by Crippen LogP contribution is 2.34. The van der Waals surface area contributed by atoms with E-state index in [0.717, 1.165) is 49.8 Å². The number of anilines is 1. The zero-order valence-electron chi connectivity index (χ0n) is 14.2. The molecule has 0 spiro atoms. The summed E-state index contributed by atoms with van der Waals surface area (Å²) in [5, 5.41) is 7.74. The molecule has 2 atom stereocenters. The minimum absolute atomic E-state index is 0.0492. The van der Waals surface area contributed by atoms with E-state index in [0.29, 0.717) is 17.9 Å². The van der Waals surface area contributed by atoms with Crippen LogP contribution >= 0.6 is 0 Å². The van der Waals surface area contributed by atoms with Gasteiger partial charge >= 0.3 is 0 Å². The van der Waals surface area contributed by atoms with Crippen molar-refractivity contribution < 1.29 is 0 Å². The average molecular weight is 327 g/mol. The third-order valence-corrected chi connectivity index (χ3v) is 5.37. The van der Waals surface area contributed by atoms with Crippen LogP contribution in [0.15, 0.2) is 23.1 Å². The summed E-state index contributed by atoms with van der Waals surface area (Å²) in [6.07, 6.45) is 7.27. The maximum absolute atomic E-state index is 12.5. The molecule has 6 nitrogen and oxygen atoms in total. The van der Waals surface area contributed by atoms with E-state index in [1.807, 2.05) is 16.8 Å². The van der Waals surface area contributed by atoms with E-state index in [-0.39, 0.29) is 11.6 Å². The van der Waals surface area contributed by atoms with Crippen molar-refractivity contribution in [3.63, 3.8) is 0 Å². The number of nitrogens with one attached hydrogen (secondary N) is 2. The van der Waals surface area contributed by atoms with Crippen molar-refractivity contribution in [3.05, 3.63) is 28.7 Å². The van der Waals surface area contributed by atoms with E-state index in [4.69, 9.17) is 4.98 Å². The fourth-order valence-electron chi connectivity index (χ4n) is 4.02. The molecular formula is C18H25N5O. The Labute approximate surface area is 141 Å². The largest absolute Gasteiger partial charge is 0.351 e. The van der Waals surface area contributed by atoms with Crippen molar-refractivity contribution in [2.45, 2.75) is 51.1 Å². The van der Waals surface area contributed by atoms with Gasteiger partial charge in [-0.2, -0.15) is 4.98 Å². The van der Waals surface area contributed by atoms with Crippen molar-refractivity contribution in [3.8, 4) is 0 Å². The van der Waals surface area contributed by atoms with Gasteiger partial charge in [0.1, 0.15) is 5.65 Å². The Kier molecular flexibility index (Phi) is 4.22. The summed E-state index contributed by atoms with van der Waals surface area (Å²) in [7, 11) is 0. The van der Waals surface area contributed by atoms with Gasteiger partial charge in [0, 0.05) is 29.7 Å². The minimum atomic E-state index is 0.0492. The molecule has 1 aliphatic heterocycles. The van der Waals surface area contributed by atoms with Crippen molar-refractivity contribution >= 4 is 17.0 Å². The van der Waals surface area contributed by atoms with Gasteiger partial charge in [-0.1, -0.05) is 6.92 Å². The molecule has 2 unspecified atom stereocenters. The number of hydrogen-bond acceptors (Lipinski definition) is 5. The molecule has 0 radical (unpaired) electrons. The molecule has 128 valence electrons. The van der Waals surface area contributed by atoms with Gasteiger partial charge in [0.2, 0.25) is 5.95 Å². The lowest BCUT2D eigenvalue weighted by molar-refractivity contribution is 0.476. The molecule has 24 heavy (non-hydrogen) atoms. The van der Waals surface area contributed by atoms with Crippen LogP contribution in [0.1, 0.15) is 45.1 Å². The molecule has 6 heteroatoms. The van der Waals surface area contributed by atoms with Crippen LogP contribution in [0.2, 0.25) is 0 Å². The first-order valence-corrected chi connectivity index (χ1v) is 9.06. The van der Waals surface area contributed by atoms with Crippen LogP contribution in [0.4, 0.5) is 5.95 Å². The number of rotatable bonds is 3. The second kappa shape index (κ2) is 6.51. The zero-order valence-corrected chi connectivity index (χ0v) is 14.2. The van der Waals surface area contributed by atoms with Crippen LogP contribution in [0.5, 0.6) is 0 Å². The smallest absolute Gasteiger partial charge is 0.252 e. The molecule has 0 bridgehead atoms. The normalized spacial score (nSPS) is 25.2. The Hall–Kier alpha value is -1.95. The van der Waals surface area contributed by atoms with Gasteiger partial charge in [-0.3, -0.25) is 9.36 Å². The highest BCUT2D eigenvalue weighted by atomic mass is 16.1. The predicted molar refractivity (Wildman–Crippen MR) is 95.4 cm³/mol. The van der Waals surface area contributed by atoms with E-state index >= 15 is 0 Å². The highest BCUT2D eigenvalue weighted by Gasteiger charge is 2.25. The number of fused-ring (bicyclic) bond motifs is 1. The highest BCUT2D eigenvalue weighted by molar-refractivity contribution is 5.75. The summed E-state index contributed by atoms with van der Waals surface area (Å²) < 4.78 is 1.90. The molecule has 3 heterocycles. The summed E-state index contributed by atoms with van der Waals surface area (Å²) in [4.78, 5) is 21.7. The summed E-state index contributed by atoms with van der Waals surface area (Å²) >= 11 is 0. The molecular weight excluding hydrogens is 302 g/mol. The molecule has 1 saturated carbocycles. The van der Waals surface area contributed by atoms with Crippen LogP contribution < -0.4 is 16.2 Å². The van der Waals surface area contributed by atoms with E-state index in [1.54, 1.807) is 6.07 Å². The summed E-state index contributed by atoms with van der Waals surface area (Å²) in [6.45, 7) is 4.31. The molecule has 0 aromatic carbocycles. The van der Waals surface area contributed by atoms with Gasteiger partial charge < -0.3 is 10.6 Å². The third-order valence-electron chi connectivity index (χ3n) is 5.37. The predicted octanol–water partition coefficient (Wildman–Crippen LogP) is 2.32. The molecule has 0 amide bonds. The number of hydrogen-bond donors (Lipinski definition) is 2. The molecule has 1 aliphatic carbocycles. The van der Waals surface area contributed by atoms with Crippen molar-refractivity contribution in [2.75, 3.05) is 18.4 Å². The first-order chi connectivity index (χ1) is 11.7. The Morgan fingerprint density at radius 2 is 2.04 bits per heavy atom. The molecule has 4 rings (SSSR count). The maximum atomic E-state index is 12.5. The number of piperidine rings is 1. The first kappa shape index (κ1) is 15.6. The monoisotopic (exact) mass is 327 g/mol. The fourth-order valence-corrected chi connectivity index (χ4v) is 4.02. The van der Waals surface area contributed by atoms with E-state index < -0.39 is 0 Å². The van der Waals surface area contributed by atoms with Crippen molar-refractivity contribution in [1.82, 2.24) is 19.9 Å². The molecule has 2 aromatic rings. The SMILES string of the molecule is CC1CCC(n2c(=O)ccc3cnc(NC4CCNCC4)nc32)C1. The molecule has 1 saturated heterocycles. The summed E-state index contributed by atoms with van der Waals surface area (Å²) in [6, 6.07) is 4.15. The minimum Gasteiger partial charge on any atom is -0.351 e. The van der Waals surface area contributed by atoms with Gasteiger partial charge in [0.15, 0.2) is 0 Å². The Morgan fingerprint density at radius 1 is 1.21 bits per heavy atom. The Morgan fingerprint density at radius 3 is 2.79 bits per heavy atom. The molecule has 2 fully saturated rings. The van der Waals surface area contributed by atoms with Gasteiger partial charge in [0.05, 0.1) is 0 Å². The number of aromatic nitrogens is 3. The first-order valence-electron chi connectivity index (χ1n) is 9.06. The fraction of sp³-hybridized carbons (Fsp3) is 0.611. The topological polar surface area (TPSA) is 71.8 Å². The molecule has 2 aliphatic rings. The second-order valence-corrected chi connectivity index (χ2v) is 7.25. The zero-order chi connectivity index (χ0) is 16.5. The Bertz CT molecular complexity index is 781. The average Bonchev–Trinajstić information content (AvgIpc) is 3.01. The lowest BCUT2D eigenvalue weighted by Gasteiger charge is -2.24.